The Morgan fingerprint density at radius 2 is 1.83 bits per heavy atom. The van der Waals surface area contributed by atoms with Crippen LogP contribution in [-0.4, -0.2) is 48.8 Å². The van der Waals surface area contributed by atoms with Gasteiger partial charge in [-0.05, 0) is 45.4 Å². The van der Waals surface area contributed by atoms with E-state index in [-0.39, 0.29) is 17.7 Å². The van der Waals surface area contributed by atoms with Gasteiger partial charge in [-0.15, -0.1) is 0 Å². The third-order valence-corrected chi connectivity index (χ3v) is 5.00. The molecule has 0 unspecified atom stereocenters. The Morgan fingerprint density at radius 1 is 1.13 bits per heavy atom. The largest absolute Gasteiger partial charge is 0.355 e. The van der Waals surface area contributed by atoms with Crippen LogP contribution in [0, 0.1) is 11.3 Å². The lowest BCUT2D eigenvalue weighted by molar-refractivity contribution is -0.142. The molecule has 1 heterocycles. The highest BCUT2D eigenvalue weighted by Gasteiger charge is 2.36. The molecular formula is C17H29N3O3. The first-order valence-electron chi connectivity index (χ1n) is 8.75. The zero-order valence-electron chi connectivity index (χ0n) is 14.3. The lowest BCUT2D eigenvalue weighted by Crippen LogP contribution is -2.50. The monoisotopic (exact) mass is 323 g/mol. The third-order valence-electron chi connectivity index (χ3n) is 5.00. The van der Waals surface area contributed by atoms with Gasteiger partial charge in [-0.25, -0.2) is 0 Å². The second-order valence-corrected chi connectivity index (χ2v) is 7.23. The second kappa shape index (κ2) is 7.79. The fourth-order valence-electron chi connectivity index (χ4n) is 2.88. The van der Waals surface area contributed by atoms with Crippen LogP contribution in [0.4, 0.5) is 0 Å². The standard InChI is InChI=1S/C17H29N3O3/c1-17(2,16(23)19-12-13-6-5-7-13)15(22)18-9-11-20-10-4-3-8-14(20)21/h13H,3-12H2,1-2H3,(H,18,22)(H,19,23). The lowest BCUT2D eigenvalue weighted by Gasteiger charge is -2.29. The highest BCUT2D eigenvalue weighted by Crippen LogP contribution is 2.25. The van der Waals surface area contributed by atoms with Crippen LogP contribution in [0.1, 0.15) is 52.4 Å². The van der Waals surface area contributed by atoms with Gasteiger partial charge in [-0.3, -0.25) is 14.4 Å². The molecule has 1 aliphatic carbocycles. The highest BCUT2D eigenvalue weighted by molar-refractivity contribution is 6.04. The van der Waals surface area contributed by atoms with Crippen molar-refractivity contribution in [3.8, 4) is 0 Å². The molecule has 23 heavy (non-hydrogen) atoms. The molecule has 1 saturated heterocycles. The average molecular weight is 323 g/mol. The van der Waals surface area contributed by atoms with Crippen molar-refractivity contribution in [3.63, 3.8) is 0 Å². The summed E-state index contributed by atoms with van der Waals surface area (Å²) in [6.45, 7) is 5.63. The molecule has 0 atom stereocenters. The van der Waals surface area contributed by atoms with Crippen molar-refractivity contribution in [1.29, 1.82) is 0 Å². The number of likely N-dealkylation sites (tertiary alicyclic amines) is 1. The number of hydrogen-bond donors (Lipinski definition) is 2. The molecule has 0 aromatic carbocycles. The molecule has 2 fully saturated rings. The van der Waals surface area contributed by atoms with Gasteiger partial charge in [0.15, 0.2) is 0 Å². The lowest BCUT2D eigenvalue weighted by atomic mass is 9.84. The molecule has 0 radical (unpaired) electrons. The van der Waals surface area contributed by atoms with Crippen LogP contribution in [0.2, 0.25) is 0 Å². The van der Waals surface area contributed by atoms with E-state index in [2.05, 4.69) is 10.6 Å². The quantitative estimate of drug-likeness (QED) is 0.688. The van der Waals surface area contributed by atoms with Crippen LogP contribution in [0.5, 0.6) is 0 Å². The molecule has 130 valence electrons. The minimum atomic E-state index is -1.09. The number of rotatable bonds is 7. The van der Waals surface area contributed by atoms with Gasteiger partial charge in [0.2, 0.25) is 17.7 Å². The number of hydrogen-bond acceptors (Lipinski definition) is 3. The van der Waals surface area contributed by atoms with Crippen LogP contribution < -0.4 is 10.6 Å². The second-order valence-electron chi connectivity index (χ2n) is 7.23. The van der Waals surface area contributed by atoms with Crippen molar-refractivity contribution in [2.75, 3.05) is 26.2 Å². The van der Waals surface area contributed by atoms with Gasteiger partial charge < -0.3 is 15.5 Å². The van der Waals surface area contributed by atoms with E-state index in [1.54, 1.807) is 18.7 Å². The summed E-state index contributed by atoms with van der Waals surface area (Å²) in [7, 11) is 0. The van der Waals surface area contributed by atoms with E-state index in [0.29, 0.717) is 32.0 Å². The first kappa shape index (κ1) is 17.8. The van der Waals surface area contributed by atoms with Crippen LogP contribution in [0.25, 0.3) is 0 Å². The molecule has 1 aliphatic heterocycles. The number of carbonyl (C=O) groups is 3. The molecule has 6 nitrogen and oxygen atoms in total. The summed E-state index contributed by atoms with van der Waals surface area (Å²) in [6.07, 6.45) is 6.14. The smallest absolute Gasteiger partial charge is 0.235 e. The van der Waals surface area contributed by atoms with E-state index in [9.17, 15) is 14.4 Å². The van der Waals surface area contributed by atoms with Crippen molar-refractivity contribution >= 4 is 17.7 Å². The number of carbonyl (C=O) groups excluding carboxylic acids is 3. The van der Waals surface area contributed by atoms with Crippen molar-refractivity contribution in [3.05, 3.63) is 0 Å². The Morgan fingerprint density at radius 3 is 2.43 bits per heavy atom. The molecule has 1 saturated carbocycles. The van der Waals surface area contributed by atoms with Crippen molar-refractivity contribution in [2.45, 2.75) is 52.4 Å². The molecule has 3 amide bonds. The topological polar surface area (TPSA) is 78.5 Å². The Balaban J connectivity index is 1.71. The Hall–Kier alpha value is -1.59. The number of nitrogens with one attached hydrogen (secondary N) is 2. The van der Waals surface area contributed by atoms with Crippen LogP contribution >= 0.6 is 0 Å². The Bertz CT molecular complexity index is 458. The summed E-state index contributed by atoms with van der Waals surface area (Å²) in [6, 6.07) is 0. The van der Waals surface area contributed by atoms with Gasteiger partial charge in [0, 0.05) is 32.6 Å². The first-order chi connectivity index (χ1) is 10.9. The van der Waals surface area contributed by atoms with Crippen LogP contribution in [0.3, 0.4) is 0 Å². The minimum Gasteiger partial charge on any atom is -0.355 e. The fraction of sp³-hybridized carbons (Fsp3) is 0.824. The molecule has 0 bridgehead atoms. The summed E-state index contributed by atoms with van der Waals surface area (Å²) in [4.78, 5) is 38.0. The van der Waals surface area contributed by atoms with E-state index in [4.69, 9.17) is 0 Å². The van der Waals surface area contributed by atoms with Gasteiger partial charge in [-0.2, -0.15) is 0 Å². The van der Waals surface area contributed by atoms with Gasteiger partial charge in [-0.1, -0.05) is 6.42 Å². The van der Waals surface area contributed by atoms with E-state index >= 15 is 0 Å². The maximum Gasteiger partial charge on any atom is 0.235 e. The van der Waals surface area contributed by atoms with Gasteiger partial charge in [0.05, 0.1) is 0 Å². The van der Waals surface area contributed by atoms with Crippen LogP contribution in [0.15, 0.2) is 0 Å². The summed E-state index contributed by atoms with van der Waals surface area (Å²) in [5, 5.41) is 5.68. The molecule has 2 aliphatic rings. The molecule has 2 N–H and O–H groups in total. The summed E-state index contributed by atoms with van der Waals surface area (Å²) >= 11 is 0. The van der Waals surface area contributed by atoms with Crippen molar-refractivity contribution < 1.29 is 14.4 Å². The Kier molecular flexibility index (Phi) is 6.02. The normalized spacial score (nSPS) is 19.2. The Labute approximate surface area is 138 Å². The zero-order chi connectivity index (χ0) is 16.9. The first-order valence-corrected chi connectivity index (χ1v) is 8.75. The predicted molar refractivity (Wildman–Crippen MR) is 87.6 cm³/mol. The highest BCUT2D eigenvalue weighted by atomic mass is 16.2. The predicted octanol–water partition coefficient (Wildman–Crippen LogP) is 1.06. The molecular weight excluding hydrogens is 294 g/mol. The van der Waals surface area contributed by atoms with Gasteiger partial charge in [0.25, 0.3) is 0 Å². The minimum absolute atomic E-state index is 0.156. The summed E-state index contributed by atoms with van der Waals surface area (Å²) in [5.74, 6) is 0.218. The molecule has 2 rings (SSSR count). The third kappa shape index (κ3) is 4.69. The van der Waals surface area contributed by atoms with E-state index in [1.165, 1.54) is 6.42 Å². The number of piperidine rings is 1. The maximum atomic E-state index is 12.3. The molecule has 0 aromatic heterocycles. The molecule has 6 heteroatoms. The average Bonchev–Trinajstić information content (AvgIpc) is 2.47. The van der Waals surface area contributed by atoms with E-state index < -0.39 is 5.41 Å². The summed E-state index contributed by atoms with van der Waals surface area (Å²) < 4.78 is 0. The molecule has 0 spiro atoms. The van der Waals surface area contributed by atoms with Crippen LogP contribution in [-0.2, 0) is 14.4 Å². The SMILES string of the molecule is CC(C)(C(=O)NCCN1CCCCC1=O)C(=O)NCC1CCC1. The van der Waals surface area contributed by atoms with Crippen molar-refractivity contribution in [2.24, 2.45) is 11.3 Å². The number of amides is 3. The van der Waals surface area contributed by atoms with Gasteiger partial charge in [0.1, 0.15) is 5.41 Å². The van der Waals surface area contributed by atoms with E-state index in [0.717, 1.165) is 32.2 Å². The van der Waals surface area contributed by atoms with Crippen molar-refractivity contribution in [1.82, 2.24) is 15.5 Å². The fourth-order valence-corrected chi connectivity index (χ4v) is 2.88. The van der Waals surface area contributed by atoms with E-state index in [1.807, 2.05) is 0 Å². The molecule has 0 aromatic rings. The zero-order valence-corrected chi connectivity index (χ0v) is 14.3. The number of nitrogens with zero attached hydrogens (tertiary/aromatic N) is 1. The van der Waals surface area contributed by atoms with Gasteiger partial charge >= 0.3 is 0 Å². The maximum absolute atomic E-state index is 12.3. The summed E-state index contributed by atoms with van der Waals surface area (Å²) in [5.41, 5.74) is -1.09.